The van der Waals surface area contributed by atoms with Crippen LogP contribution in [0.5, 0.6) is 5.75 Å². The zero-order valence-electron chi connectivity index (χ0n) is 22.1. The molecule has 2 N–H and O–H groups in total. The molecule has 9 heteroatoms. The number of benzene rings is 3. The van der Waals surface area contributed by atoms with Gasteiger partial charge in [0, 0.05) is 28.8 Å². The lowest BCUT2D eigenvalue weighted by atomic mass is 9.74. The van der Waals surface area contributed by atoms with E-state index in [2.05, 4.69) is 6.07 Å². The maximum atomic E-state index is 13.6. The molecule has 0 amide bonds. The molecule has 1 atom stereocenters. The molecule has 0 fully saturated rings. The first kappa shape index (κ1) is 27.0. The Kier molecular flexibility index (Phi) is 7.33. The van der Waals surface area contributed by atoms with Gasteiger partial charge < -0.3 is 10.5 Å². The van der Waals surface area contributed by atoms with E-state index in [1.165, 1.54) is 11.0 Å². The number of hydrogen-bond donors (Lipinski definition) is 1. The van der Waals surface area contributed by atoms with Crippen molar-refractivity contribution in [3.05, 3.63) is 121 Å². The van der Waals surface area contributed by atoms with Gasteiger partial charge >= 0.3 is 0 Å². The summed E-state index contributed by atoms with van der Waals surface area (Å²) in [6.07, 6.45) is 1.42. The molecule has 40 heavy (non-hydrogen) atoms. The molecule has 1 aliphatic heterocycles. The molecule has 1 heterocycles. The Morgan fingerprint density at radius 2 is 1.85 bits per heavy atom. The summed E-state index contributed by atoms with van der Waals surface area (Å²) in [7, 11) is 0. The van der Waals surface area contributed by atoms with Crippen LogP contribution in [-0.4, -0.2) is 10.7 Å². The number of allylic oxidation sites excluding steroid dienone is 3. The quantitative estimate of drug-likeness (QED) is 0.264. The van der Waals surface area contributed by atoms with E-state index in [1.54, 1.807) is 42.5 Å². The number of hydrogen-bond acceptors (Lipinski definition) is 7. The van der Waals surface area contributed by atoms with E-state index in [1.807, 2.05) is 26.0 Å². The minimum Gasteiger partial charge on any atom is -0.489 e. The number of Topliss-reactive ketones (excluding diaryl/α,β-unsaturated/α-hetero) is 1. The van der Waals surface area contributed by atoms with E-state index in [-0.39, 0.29) is 35.2 Å². The van der Waals surface area contributed by atoms with Gasteiger partial charge in [-0.3, -0.25) is 19.8 Å². The van der Waals surface area contributed by atoms with Crippen molar-refractivity contribution in [1.82, 2.24) is 0 Å². The third kappa shape index (κ3) is 4.80. The Labute approximate surface area is 237 Å². The molecular formula is C31H27ClN4O4. The normalized spacial score (nSPS) is 17.0. The Balaban J connectivity index is 1.65. The van der Waals surface area contributed by atoms with Crippen molar-refractivity contribution in [2.75, 3.05) is 4.90 Å². The summed E-state index contributed by atoms with van der Waals surface area (Å²) in [6.45, 7) is 4.20. The number of halogens is 1. The molecule has 0 saturated heterocycles. The van der Waals surface area contributed by atoms with E-state index < -0.39 is 10.8 Å². The molecule has 8 nitrogen and oxygen atoms in total. The van der Waals surface area contributed by atoms with Gasteiger partial charge in [-0.2, -0.15) is 5.26 Å². The molecule has 3 aromatic carbocycles. The number of carbonyl (C=O) groups is 1. The van der Waals surface area contributed by atoms with Crippen LogP contribution < -0.4 is 15.4 Å². The second-order valence-electron chi connectivity index (χ2n) is 9.94. The molecule has 0 spiro atoms. The van der Waals surface area contributed by atoms with Crippen molar-refractivity contribution in [2.45, 2.75) is 45.6 Å². The van der Waals surface area contributed by atoms with Gasteiger partial charge in [-0.1, -0.05) is 35.9 Å². The average molecular weight is 555 g/mol. The van der Waals surface area contributed by atoms with Gasteiger partial charge in [0.15, 0.2) is 5.78 Å². The molecule has 202 valence electrons. The zero-order chi connectivity index (χ0) is 28.6. The van der Waals surface area contributed by atoms with Gasteiger partial charge in [-0.25, -0.2) is 0 Å². The van der Waals surface area contributed by atoms with E-state index in [4.69, 9.17) is 22.1 Å². The molecule has 0 saturated carbocycles. The summed E-state index contributed by atoms with van der Waals surface area (Å²) < 4.78 is 6.01. The van der Waals surface area contributed by atoms with Crippen LogP contribution in [0.25, 0.3) is 0 Å². The van der Waals surface area contributed by atoms with Crippen LogP contribution in [0, 0.1) is 35.3 Å². The zero-order valence-corrected chi connectivity index (χ0v) is 22.9. The number of rotatable bonds is 6. The van der Waals surface area contributed by atoms with E-state index >= 15 is 0 Å². The number of para-hydroxylation sites is 2. The maximum absolute atomic E-state index is 13.6. The fourth-order valence-electron chi connectivity index (χ4n) is 5.55. The summed E-state index contributed by atoms with van der Waals surface area (Å²) >= 11 is 5.99. The number of carbonyl (C=O) groups excluding carboxylic acids is 1. The number of nitriles is 1. The molecule has 1 unspecified atom stereocenters. The summed E-state index contributed by atoms with van der Waals surface area (Å²) in [5.74, 6) is -0.0251. The number of ketones is 1. The van der Waals surface area contributed by atoms with Crippen LogP contribution in [0.2, 0.25) is 5.02 Å². The lowest BCUT2D eigenvalue weighted by molar-refractivity contribution is -0.384. The average Bonchev–Trinajstić information content (AvgIpc) is 2.93. The molecule has 3 aromatic rings. The highest BCUT2D eigenvalue weighted by atomic mass is 35.5. The van der Waals surface area contributed by atoms with Gasteiger partial charge in [-0.15, -0.1) is 0 Å². The molecular weight excluding hydrogens is 528 g/mol. The molecule has 1 aliphatic carbocycles. The van der Waals surface area contributed by atoms with Crippen LogP contribution in [0.3, 0.4) is 0 Å². The van der Waals surface area contributed by atoms with Gasteiger partial charge in [0.2, 0.25) is 0 Å². The number of nitro benzene ring substituents is 1. The first-order valence-electron chi connectivity index (χ1n) is 12.9. The predicted molar refractivity (Wildman–Crippen MR) is 153 cm³/mol. The Morgan fingerprint density at radius 1 is 1.12 bits per heavy atom. The first-order chi connectivity index (χ1) is 19.2. The number of ether oxygens (including phenoxy) is 1. The van der Waals surface area contributed by atoms with Crippen LogP contribution in [0.1, 0.15) is 47.4 Å². The van der Waals surface area contributed by atoms with Gasteiger partial charge in [0.05, 0.1) is 22.5 Å². The van der Waals surface area contributed by atoms with E-state index in [0.29, 0.717) is 41.3 Å². The Bertz CT molecular complexity index is 1640. The van der Waals surface area contributed by atoms with Crippen molar-refractivity contribution in [1.29, 1.82) is 5.26 Å². The van der Waals surface area contributed by atoms with E-state index in [0.717, 1.165) is 22.3 Å². The van der Waals surface area contributed by atoms with Crippen LogP contribution in [0.4, 0.5) is 11.4 Å². The predicted octanol–water partition coefficient (Wildman–Crippen LogP) is 6.75. The van der Waals surface area contributed by atoms with Crippen LogP contribution >= 0.6 is 11.6 Å². The smallest absolute Gasteiger partial charge is 0.293 e. The van der Waals surface area contributed by atoms with Gasteiger partial charge in [0.1, 0.15) is 23.9 Å². The first-order valence-corrected chi connectivity index (χ1v) is 13.3. The van der Waals surface area contributed by atoms with E-state index in [9.17, 15) is 20.2 Å². The SMILES string of the molecule is Cc1cc(C)c(C2C(C#N)=C(N)N(c3ccccc3[N+](=O)[O-])C3=C2C(=O)CCC3)cc1COc1ccc(Cl)cc1. The number of nitrogens with two attached hydrogens (primary N) is 1. The second-order valence-corrected chi connectivity index (χ2v) is 10.4. The topological polar surface area (TPSA) is 122 Å². The van der Waals surface area contributed by atoms with Gasteiger partial charge in [0.25, 0.3) is 5.69 Å². The highest BCUT2D eigenvalue weighted by molar-refractivity contribution is 6.30. The summed E-state index contributed by atoms with van der Waals surface area (Å²) in [4.78, 5) is 26.5. The summed E-state index contributed by atoms with van der Waals surface area (Å²) in [6, 6.07) is 19.6. The van der Waals surface area contributed by atoms with Crippen molar-refractivity contribution in [3.63, 3.8) is 0 Å². The number of nitrogens with zero attached hydrogens (tertiary/aromatic N) is 3. The highest BCUT2D eigenvalue weighted by Gasteiger charge is 2.42. The van der Waals surface area contributed by atoms with Crippen molar-refractivity contribution in [2.24, 2.45) is 5.73 Å². The molecule has 2 aliphatic rings. The van der Waals surface area contributed by atoms with Crippen molar-refractivity contribution in [3.8, 4) is 11.8 Å². The molecule has 0 aromatic heterocycles. The Morgan fingerprint density at radius 3 is 2.55 bits per heavy atom. The van der Waals surface area contributed by atoms with Crippen molar-refractivity contribution < 1.29 is 14.5 Å². The maximum Gasteiger partial charge on any atom is 0.293 e. The van der Waals surface area contributed by atoms with Crippen LogP contribution in [0.15, 0.2) is 83.3 Å². The van der Waals surface area contributed by atoms with Crippen LogP contribution in [-0.2, 0) is 11.4 Å². The number of nitro groups is 1. The lowest BCUT2D eigenvalue weighted by Gasteiger charge is -2.39. The van der Waals surface area contributed by atoms with Crippen molar-refractivity contribution >= 4 is 28.8 Å². The minimum absolute atomic E-state index is 0.0889. The second kappa shape index (κ2) is 10.9. The fraction of sp³-hybridized carbons (Fsp3) is 0.226. The minimum atomic E-state index is -0.693. The third-order valence-corrected chi connectivity index (χ3v) is 7.73. The third-order valence-electron chi connectivity index (χ3n) is 7.48. The fourth-order valence-corrected chi connectivity index (χ4v) is 5.68. The highest BCUT2D eigenvalue weighted by Crippen LogP contribution is 2.48. The lowest BCUT2D eigenvalue weighted by Crippen LogP contribution is -2.39. The largest absolute Gasteiger partial charge is 0.489 e. The number of anilines is 1. The summed E-state index contributed by atoms with van der Waals surface area (Å²) in [5.41, 5.74) is 11.6. The van der Waals surface area contributed by atoms with Gasteiger partial charge in [-0.05, 0) is 79.3 Å². The monoisotopic (exact) mass is 554 g/mol. The molecule has 0 radical (unpaired) electrons. The number of aryl methyl sites for hydroxylation is 2. The standard InChI is InChI=1S/C31H27ClN4O4/c1-18-14-19(2)23(15-20(18)17-40-22-12-10-21(32)11-13-22)29-24(16-33)31(34)35(27-8-5-9-28(37)30(27)29)25-6-3-4-7-26(25)36(38)39/h3-4,6-7,10-15,29H,5,8-9,17,34H2,1-2H3. The molecule has 0 bridgehead atoms. The molecule has 5 rings (SSSR count). The Hall–Kier alpha value is -4.61. The summed E-state index contributed by atoms with van der Waals surface area (Å²) in [5, 5.41) is 22.9.